The van der Waals surface area contributed by atoms with Crippen LogP contribution in [0.3, 0.4) is 0 Å². The fourth-order valence-corrected chi connectivity index (χ4v) is 3.95. The van der Waals surface area contributed by atoms with E-state index in [2.05, 4.69) is 10.0 Å². The van der Waals surface area contributed by atoms with E-state index in [9.17, 15) is 26.8 Å². The van der Waals surface area contributed by atoms with Crippen LogP contribution in [-0.2, 0) is 19.6 Å². The summed E-state index contributed by atoms with van der Waals surface area (Å²) < 4.78 is 52.6. The molecule has 1 aromatic rings. The maximum Gasteiger partial charge on any atom is 0.240 e. The van der Waals surface area contributed by atoms with Crippen LogP contribution in [0.15, 0.2) is 23.1 Å². The molecule has 8 nitrogen and oxygen atoms in total. The van der Waals surface area contributed by atoms with E-state index in [4.69, 9.17) is 0 Å². The van der Waals surface area contributed by atoms with E-state index in [0.29, 0.717) is 32.2 Å². The third-order valence-corrected chi connectivity index (χ3v) is 5.83. The molecule has 0 spiro atoms. The van der Waals surface area contributed by atoms with Crippen LogP contribution in [0, 0.1) is 11.6 Å². The Morgan fingerprint density at radius 3 is 2.34 bits per heavy atom. The van der Waals surface area contributed by atoms with Crippen molar-refractivity contribution in [3.8, 4) is 0 Å². The van der Waals surface area contributed by atoms with Gasteiger partial charge in [-0.1, -0.05) is 0 Å². The first-order chi connectivity index (χ1) is 13.6. The molecular weight excluding hydrogens is 406 g/mol. The summed E-state index contributed by atoms with van der Waals surface area (Å²) in [5, 5.41) is 2.82. The topological polar surface area (TPSA) is 98.8 Å². The summed E-state index contributed by atoms with van der Waals surface area (Å²) in [6.07, 6.45) is -0.0588. The lowest BCUT2D eigenvalue weighted by molar-refractivity contribution is -0.133. The van der Waals surface area contributed by atoms with Gasteiger partial charge in [0.05, 0.1) is 11.4 Å². The van der Waals surface area contributed by atoms with Crippen LogP contribution in [-0.4, -0.2) is 75.3 Å². The van der Waals surface area contributed by atoms with Crippen molar-refractivity contribution in [1.29, 1.82) is 0 Å². The van der Waals surface area contributed by atoms with E-state index in [1.165, 1.54) is 0 Å². The SMILES string of the molecule is CC(C)NC(=O)CN1CCN(C(=O)CCNS(=O)(=O)c2ccc(F)c(F)c2)CC1. The fraction of sp³-hybridized carbons (Fsp3) is 0.556. The van der Waals surface area contributed by atoms with Crippen molar-refractivity contribution in [3.05, 3.63) is 29.8 Å². The number of hydrogen-bond donors (Lipinski definition) is 2. The smallest absolute Gasteiger partial charge is 0.240 e. The maximum atomic E-state index is 13.2. The van der Waals surface area contributed by atoms with Gasteiger partial charge in [-0.2, -0.15) is 0 Å². The molecule has 162 valence electrons. The Hall–Kier alpha value is -2.11. The first kappa shape index (κ1) is 23.2. The zero-order valence-corrected chi connectivity index (χ0v) is 17.3. The molecular formula is C18H26F2N4O4S. The molecule has 2 rings (SSSR count). The largest absolute Gasteiger partial charge is 0.353 e. The molecule has 0 radical (unpaired) electrons. The van der Waals surface area contributed by atoms with Crippen LogP contribution >= 0.6 is 0 Å². The number of benzene rings is 1. The average Bonchev–Trinajstić information content (AvgIpc) is 2.63. The molecule has 0 bridgehead atoms. The highest BCUT2D eigenvalue weighted by atomic mass is 32.2. The molecule has 2 amide bonds. The second-order valence-corrected chi connectivity index (χ2v) is 8.87. The first-order valence-electron chi connectivity index (χ1n) is 9.32. The van der Waals surface area contributed by atoms with Crippen molar-refractivity contribution < 1.29 is 26.8 Å². The van der Waals surface area contributed by atoms with Crippen molar-refractivity contribution in [3.63, 3.8) is 0 Å². The molecule has 1 aliphatic rings. The molecule has 1 aromatic carbocycles. The zero-order chi connectivity index (χ0) is 21.6. The van der Waals surface area contributed by atoms with E-state index in [1.54, 1.807) is 4.90 Å². The number of sulfonamides is 1. The number of amides is 2. The lowest BCUT2D eigenvalue weighted by atomic mass is 10.2. The van der Waals surface area contributed by atoms with E-state index in [-0.39, 0.29) is 37.4 Å². The summed E-state index contributed by atoms with van der Waals surface area (Å²) in [5.41, 5.74) is 0. The molecule has 1 aliphatic heterocycles. The van der Waals surface area contributed by atoms with Gasteiger partial charge in [-0.15, -0.1) is 0 Å². The van der Waals surface area contributed by atoms with Gasteiger partial charge in [-0.3, -0.25) is 14.5 Å². The minimum absolute atomic E-state index is 0.0588. The molecule has 29 heavy (non-hydrogen) atoms. The number of nitrogens with one attached hydrogen (secondary N) is 2. The Balaban J connectivity index is 1.76. The zero-order valence-electron chi connectivity index (χ0n) is 16.5. The third kappa shape index (κ3) is 7.02. The highest BCUT2D eigenvalue weighted by Gasteiger charge is 2.23. The fourth-order valence-electron chi connectivity index (χ4n) is 2.90. The van der Waals surface area contributed by atoms with Crippen LogP contribution in [0.2, 0.25) is 0 Å². The molecule has 0 saturated carbocycles. The second kappa shape index (κ2) is 10.1. The molecule has 1 saturated heterocycles. The number of piperazine rings is 1. The molecule has 1 fully saturated rings. The molecule has 0 aromatic heterocycles. The van der Waals surface area contributed by atoms with Gasteiger partial charge in [0.2, 0.25) is 21.8 Å². The Morgan fingerprint density at radius 1 is 1.10 bits per heavy atom. The van der Waals surface area contributed by atoms with E-state index < -0.39 is 26.6 Å². The van der Waals surface area contributed by atoms with Crippen molar-refractivity contribution in [2.45, 2.75) is 31.2 Å². The quantitative estimate of drug-likeness (QED) is 0.616. The summed E-state index contributed by atoms with van der Waals surface area (Å²) in [5.74, 6) is -2.68. The lowest BCUT2D eigenvalue weighted by Crippen LogP contribution is -2.51. The standard InChI is InChI=1S/C18H26F2N4O4S/c1-13(2)22-17(25)12-23-7-9-24(10-8-23)18(26)5-6-21-29(27,28)14-3-4-15(19)16(20)11-14/h3-4,11,13,21H,5-10,12H2,1-2H3,(H,22,25). The van der Waals surface area contributed by atoms with E-state index >= 15 is 0 Å². The summed E-state index contributed by atoms with van der Waals surface area (Å²) in [7, 11) is -4.04. The van der Waals surface area contributed by atoms with Crippen molar-refractivity contribution >= 4 is 21.8 Å². The molecule has 11 heteroatoms. The van der Waals surface area contributed by atoms with Gasteiger partial charge in [-0.05, 0) is 32.0 Å². The van der Waals surface area contributed by atoms with Crippen LogP contribution < -0.4 is 10.0 Å². The number of carbonyl (C=O) groups excluding carboxylic acids is 2. The van der Waals surface area contributed by atoms with Gasteiger partial charge in [0.1, 0.15) is 0 Å². The number of hydrogen-bond acceptors (Lipinski definition) is 5. The maximum absolute atomic E-state index is 13.2. The van der Waals surface area contributed by atoms with Gasteiger partial charge in [-0.25, -0.2) is 21.9 Å². The first-order valence-corrected chi connectivity index (χ1v) is 10.8. The summed E-state index contributed by atoms with van der Waals surface area (Å²) in [4.78, 5) is 27.2. The van der Waals surface area contributed by atoms with Gasteiger partial charge >= 0.3 is 0 Å². The molecule has 2 N–H and O–H groups in total. The molecule has 1 heterocycles. The van der Waals surface area contributed by atoms with Gasteiger partial charge in [0.15, 0.2) is 11.6 Å². The third-order valence-electron chi connectivity index (χ3n) is 4.37. The van der Waals surface area contributed by atoms with Crippen molar-refractivity contribution in [1.82, 2.24) is 19.8 Å². The number of nitrogens with zero attached hydrogens (tertiary/aromatic N) is 2. The highest BCUT2D eigenvalue weighted by molar-refractivity contribution is 7.89. The average molecular weight is 432 g/mol. The second-order valence-electron chi connectivity index (χ2n) is 7.10. The summed E-state index contributed by atoms with van der Waals surface area (Å²) in [6.45, 7) is 5.89. The minimum Gasteiger partial charge on any atom is -0.353 e. The Morgan fingerprint density at radius 2 is 1.76 bits per heavy atom. The normalized spacial score (nSPS) is 15.6. The van der Waals surface area contributed by atoms with Crippen molar-refractivity contribution in [2.75, 3.05) is 39.3 Å². The molecule has 0 atom stereocenters. The molecule has 0 aliphatic carbocycles. The summed E-state index contributed by atoms with van der Waals surface area (Å²) >= 11 is 0. The number of halogens is 2. The van der Waals surface area contributed by atoms with Gasteiger partial charge in [0, 0.05) is 45.2 Å². The van der Waals surface area contributed by atoms with Gasteiger partial charge < -0.3 is 10.2 Å². The van der Waals surface area contributed by atoms with Crippen LogP contribution in [0.1, 0.15) is 20.3 Å². The predicted molar refractivity (Wildman–Crippen MR) is 102 cm³/mol. The Bertz CT molecular complexity index is 840. The number of carbonyl (C=O) groups is 2. The number of rotatable bonds is 8. The minimum atomic E-state index is -4.04. The van der Waals surface area contributed by atoms with Crippen LogP contribution in [0.5, 0.6) is 0 Å². The van der Waals surface area contributed by atoms with Crippen LogP contribution in [0.25, 0.3) is 0 Å². The monoisotopic (exact) mass is 432 g/mol. The Labute approximate surface area is 169 Å². The van der Waals surface area contributed by atoms with Crippen molar-refractivity contribution in [2.24, 2.45) is 0 Å². The molecule has 0 unspecified atom stereocenters. The van der Waals surface area contributed by atoms with Crippen LogP contribution in [0.4, 0.5) is 8.78 Å². The lowest BCUT2D eigenvalue weighted by Gasteiger charge is -2.34. The highest BCUT2D eigenvalue weighted by Crippen LogP contribution is 2.13. The van der Waals surface area contributed by atoms with Gasteiger partial charge in [0.25, 0.3) is 0 Å². The Kier molecular flexibility index (Phi) is 8.05. The van der Waals surface area contributed by atoms with E-state index in [0.717, 1.165) is 12.1 Å². The predicted octanol–water partition coefficient (Wildman–Crippen LogP) is 0.302. The summed E-state index contributed by atoms with van der Waals surface area (Å²) in [6, 6.07) is 2.35. The van der Waals surface area contributed by atoms with E-state index in [1.807, 2.05) is 18.7 Å².